The van der Waals surface area contributed by atoms with Crippen molar-refractivity contribution < 1.29 is 8.94 Å². The van der Waals surface area contributed by atoms with Gasteiger partial charge in [0.1, 0.15) is 0 Å². The lowest BCUT2D eigenvalue weighted by Gasteiger charge is -1.99. The van der Waals surface area contributed by atoms with Crippen LogP contribution < -0.4 is 11.5 Å². The van der Waals surface area contributed by atoms with Gasteiger partial charge in [0, 0.05) is 34.9 Å². The molecule has 0 bridgehead atoms. The molecule has 4 N–H and O–H groups in total. The second-order valence-electron chi connectivity index (χ2n) is 5.30. The lowest BCUT2D eigenvalue weighted by Crippen LogP contribution is -1.92. The Bertz CT molecular complexity index is 1010. The van der Waals surface area contributed by atoms with Gasteiger partial charge < -0.3 is 20.4 Å². The smallest absolute Gasteiger partial charge is 0.277 e. The number of pyridine rings is 1. The molecule has 4 aromatic rings. The molecule has 10 heteroatoms. The fraction of sp³-hybridized carbons (Fsp3) is 0.0625. The number of hydrogen-bond acceptors (Lipinski definition) is 10. The van der Waals surface area contributed by atoms with Crippen LogP contribution in [0.3, 0.4) is 0 Å². The summed E-state index contributed by atoms with van der Waals surface area (Å²) >= 11 is 1.30. The summed E-state index contributed by atoms with van der Waals surface area (Å²) in [6.07, 6.45) is 3.32. The van der Waals surface area contributed by atoms with E-state index in [1.807, 2.05) is 0 Å². The first-order valence-electron chi connectivity index (χ1n) is 7.53. The van der Waals surface area contributed by atoms with E-state index >= 15 is 0 Å². The van der Waals surface area contributed by atoms with Gasteiger partial charge in [0.25, 0.3) is 5.22 Å². The van der Waals surface area contributed by atoms with Crippen molar-refractivity contribution in [2.45, 2.75) is 11.0 Å². The van der Waals surface area contributed by atoms with Crippen molar-refractivity contribution in [3.05, 3.63) is 48.6 Å². The van der Waals surface area contributed by atoms with Gasteiger partial charge >= 0.3 is 0 Å². The van der Waals surface area contributed by atoms with Gasteiger partial charge in [-0.1, -0.05) is 16.9 Å². The van der Waals surface area contributed by atoms with Gasteiger partial charge in [0.15, 0.2) is 0 Å². The van der Waals surface area contributed by atoms with Crippen LogP contribution in [0.2, 0.25) is 0 Å². The number of hydrogen-bond donors (Lipinski definition) is 2. The summed E-state index contributed by atoms with van der Waals surface area (Å²) < 4.78 is 10.9. The Kier molecular flexibility index (Phi) is 4.23. The van der Waals surface area contributed by atoms with E-state index in [0.717, 1.165) is 5.56 Å². The fourth-order valence-corrected chi connectivity index (χ4v) is 2.84. The van der Waals surface area contributed by atoms with E-state index in [-0.39, 0.29) is 0 Å². The zero-order valence-corrected chi connectivity index (χ0v) is 14.2. The Labute approximate surface area is 151 Å². The SMILES string of the molecule is Nc1cc(N)cc(-c2noc(CSc3nnc(-c4ccncc4)o3)n2)c1. The molecule has 0 unspecified atom stereocenters. The summed E-state index contributed by atoms with van der Waals surface area (Å²) in [7, 11) is 0. The standard InChI is InChI=1S/C16H13N7O2S/c17-11-5-10(6-12(18)7-11)14-20-13(25-23-14)8-26-16-22-21-15(24-16)9-1-3-19-4-2-9/h1-7H,8,17-18H2. The number of benzene rings is 1. The van der Waals surface area contributed by atoms with Crippen molar-refractivity contribution >= 4 is 23.1 Å². The van der Waals surface area contributed by atoms with Gasteiger partial charge in [-0.25, -0.2) is 0 Å². The van der Waals surface area contributed by atoms with Crippen molar-refractivity contribution in [3.8, 4) is 22.8 Å². The summed E-state index contributed by atoms with van der Waals surface area (Å²) in [6, 6.07) is 8.72. The molecular formula is C16H13N7O2S. The van der Waals surface area contributed by atoms with Crippen molar-refractivity contribution in [3.63, 3.8) is 0 Å². The summed E-state index contributed by atoms with van der Waals surface area (Å²) in [4.78, 5) is 8.29. The highest BCUT2D eigenvalue weighted by Gasteiger charge is 2.13. The minimum atomic E-state index is 0.392. The molecule has 0 saturated heterocycles. The van der Waals surface area contributed by atoms with Crippen LogP contribution in [0.5, 0.6) is 0 Å². The zero-order chi connectivity index (χ0) is 17.9. The highest BCUT2D eigenvalue weighted by molar-refractivity contribution is 7.98. The summed E-state index contributed by atoms with van der Waals surface area (Å²) in [6.45, 7) is 0. The Morgan fingerprint density at radius 1 is 0.962 bits per heavy atom. The van der Waals surface area contributed by atoms with Crippen LogP contribution in [0.4, 0.5) is 11.4 Å². The van der Waals surface area contributed by atoms with Gasteiger partial charge in [0.2, 0.25) is 17.6 Å². The van der Waals surface area contributed by atoms with E-state index in [1.165, 1.54) is 11.8 Å². The Balaban J connectivity index is 1.44. The Morgan fingerprint density at radius 3 is 2.50 bits per heavy atom. The summed E-state index contributed by atoms with van der Waals surface area (Å²) in [5, 5.41) is 12.4. The predicted octanol–water partition coefficient (Wildman–Crippen LogP) is 2.64. The van der Waals surface area contributed by atoms with E-state index in [9.17, 15) is 0 Å². The number of rotatable bonds is 5. The third-order valence-corrected chi connectivity index (χ3v) is 4.16. The van der Waals surface area contributed by atoms with Crippen LogP contribution in [-0.2, 0) is 5.75 Å². The molecule has 0 atom stereocenters. The number of nitrogens with zero attached hydrogens (tertiary/aromatic N) is 5. The van der Waals surface area contributed by atoms with Gasteiger partial charge in [-0.2, -0.15) is 4.98 Å². The maximum atomic E-state index is 5.79. The van der Waals surface area contributed by atoms with Crippen LogP contribution in [-0.4, -0.2) is 25.3 Å². The third kappa shape index (κ3) is 3.49. The van der Waals surface area contributed by atoms with Crippen LogP contribution >= 0.6 is 11.8 Å². The second-order valence-corrected chi connectivity index (χ2v) is 6.22. The van der Waals surface area contributed by atoms with Crippen LogP contribution in [0.25, 0.3) is 22.8 Å². The van der Waals surface area contributed by atoms with Gasteiger partial charge in [-0.05, 0) is 30.3 Å². The molecule has 0 aliphatic carbocycles. The molecule has 0 saturated carbocycles. The molecule has 1 aromatic carbocycles. The molecule has 0 aliphatic heterocycles. The lowest BCUT2D eigenvalue weighted by atomic mass is 10.1. The Hall–Kier alpha value is -3.40. The number of thioether (sulfide) groups is 1. The van der Waals surface area contributed by atoms with Crippen LogP contribution in [0, 0.1) is 0 Å². The van der Waals surface area contributed by atoms with Gasteiger partial charge in [-0.15, -0.1) is 10.2 Å². The quantitative estimate of drug-likeness (QED) is 0.399. The fourth-order valence-electron chi connectivity index (χ4n) is 2.24. The van der Waals surface area contributed by atoms with Crippen molar-refractivity contribution in [2.75, 3.05) is 11.5 Å². The number of nitrogens with two attached hydrogens (primary N) is 2. The third-order valence-electron chi connectivity index (χ3n) is 3.36. The van der Waals surface area contributed by atoms with Crippen molar-refractivity contribution in [1.29, 1.82) is 0 Å². The van der Waals surface area contributed by atoms with Gasteiger partial charge in [0.05, 0.1) is 5.75 Å². The molecule has 0 fully saturated rings. The highest BCUT2D eigenvalue weighted by Crippen LogP contribution is 2.27. The van der Waals surface area contributed by atoms with Crippen LogP contribution in [0.15, 0.2) is 56.9 Å². The lowest BCUT2D eigenvalue weighted by molar-refractivity contribution is 0.391. The molecule has 3 aromatic heterocycles. The molecule has 26 heavy (non-hydrogen) atoms. The van der Waals surface area contributed by atoms with E-state index in [2.05, 4.69) is 25.3 Å². The highest BCUT2D eigenvalue weighted by atomic mass is 32.2. The summed E-state index contributed by atoms with van der Waals surface area (Å²) in [5.74, 6) is 1.66. The number of aromatic nitrogens is 5. The predicted molar refractivity (Wildman–Crippen MR) is 95.6 cm³/mol. The minimum Gasteiger partial charge on any atom is -0.411 e. The molecule has 0 amide bonds. The molecule has 9 nitrogen and oxygen atoms in total. The maximum absolute atomic E-state index is 5.79. The van der Waals surface area contributed by atoms with E-state index in [0.29, 0.717) is 45.5 Å². The summed E-state index contributed by atoms with van der Waals surface area (Å²) in [5.41, 5.74) is 14.1. The zero-order valence-electron chi connectivity index (χ0n) is 13.4. The number of anilines is 2. The van der Waals surface area contributed by atoms with Gasteiger partial charge in [-0.3, -0.25) is 4.98 Å². The first-order chi connectivity index (χ1) is 12.7. The van der Waals surface area contributed by atoms with Crippen molar-refractivity contribution in [1.82, 2.24) is 25.3 Å². The number of nitrogen functional groups attached to an aromatic ring is 2. The monoisotopic (exact) mass is 367 g/mol. The Morgan fingerprint density at radius 2 is 1.73 bits per heavy atom. The molecule has 0 radical (unpaired) electrons. The molecule has 4 rings (SSSR count). The molecule has 0 aliphatic rings. The van der Waals surface area contributed by atoms with Crippen LogP contribution in [0.1, 0.15) is 5.89 Å². The molecule has 0 spiro atoms. The van der Waals surface area contributed by atoms with E-state index in [4.69, 9.17) is 20.4 Å². The maximum Gasteiger partial charge on any atom is 0.277 e. The van der Waals surface area contributed by atoms with E-state index < -0.39 is 0 Å². The molecular weight excluding hydrogens is 354 g/mol. The first kappa shape index (κ1) is 16.1. The average Bonchev–Trinajstić information content (AvgIpc) is 3.29. The molecule has 3 heterocycles. The first-order valence-corrected chi connectivity index (χ1v) is 8.51. The van der Waals surface area contributed by atoms with E-state index in [1.54, 1.807) is 42.7 Å². The molecule has 130 valence electrons. The normalized spacial score (nSPS) is 10.9. The largest absolute Gasteiger partial charge is 0.411 e. The topological polar surface area (TPSA) is 143 Å². The average molecular weight is 367 g/mol. The van der Waals surface area contributed by atoms with Crippen molar-refractivity contribution in [2.24, 2.45) is 0 Å². The second kappa shape index (κ2) is 6.84. The minimum absolute atomic E-state index is 0.392.